The molecule has 30 heavy (non-hydrogen) atoms. The summed E-state index contributed by atoms with van der Waals surface area (Å²) in [5.74, 6) is 7.31. The first-order valence-electron chi connectivity index (χ1n) is 10.2. The number of thiazole rings is 1. The minimum absolute atomic E-state index is 0.958. The molecule has 6 aromatic rings. The van der Waals surface area contributed by atoms with E-state index in [2.05, 4.69) is 90.1 Å². The number of nitrogens with zero attached hydrogens (tertiary/aromatic N) is 1. The molecule has 0 aliphatic heterocycles. The Hall–Kier alpha value is -2.63. The summed E-state index contributed by atoms with van der Waals surface area (Å²) in [4.78, 5) is 4.99. The van der Waals surface area contributed by atoms with Crippen molar-refractivity contribution in [2.24, 2.45) is 0 Å². The maximum absolute atomic E-state index is 6.47. The number of para-hydroxylation sites is 1. The molecule has 0 atom stereocenters. The van der Waals surface area contributed by atoms with Crippen molar-refractivity contribution in [1.82, 2.24) is 4.98 Å². The summed E-state index contributed by atoms with van der Waals surface area (Å²) in [5, 5.41) is 5.80. The summed E-state index contributed by atoms with van der Waals surface area (Å²) in [7, 11) is 0. The van der Waals surface area contributed by atoms with Crippen LogP contribution in [0, 0.1) is 0 Å². The van der Waals surface area contributed by atoms with Crippen LogP contribution in [0.15, 0.2) is 77.2 Å². The van der Waals surface area contributed by atoms with Crippen molar-refractivity contribution < 1.29 is 4.42 Å². The second-order valence-corrected chi connectivity index (χ2v) is 20.6. The minimum atomic E-state index is -1.97. The van der Waals surface area contributed by atoms with Crippen molar-refractivity contribution in [2.75, 3.05) is 0 Å². The summed E-state index contributed by atoms with van der Waals surface area (Å²) in [6.45, 7) is 0. The van der Waals surface area contributed by atoms with Gasteiger partial charge in [-0.25, -0.2) is 0 Å². The summed E-state index contributed by atoms with van der Waals surface area (Å²) >= 11 is -0.219. The molecule has 6 rings (SSSR count). The Balaban J connectivity index is 1.79. The van der Waals surface area contributed by atoms with Crippen molar-refractivity contribution in [3.63, 3.8) is 0 Å². The van der Waals surface area contributed by atoms with Crippen LogP contribution in [0.3, 0.4) is 0 Å². The Morgan fingerprint density at radius 2 is 1.63 bits per heavy atom. The zero-order valence-corrected chi connectivity index (χ0v) is 20.1. The van der Waals surface area contributed by atoms with Gasteiger partial charge in [0.2, 0.25) is 0 Å². The molecule has 2 nitrogen and oxygen atoms in total. The third-order valence-electron chi connectivity index (χ3n) is 5.85. The van der Waals surface area contributed by atoms with Crippen molar-refractivity contribution in [2.45, 2.75) is 17.3 Å². The molecule has 0 saturated carbocycles. The van der Waals surface area contributed by atoms with E-state index in [4.69, 9.17) is 9.40 Å². The standard InChI is InChI=1S/C26H21GeNOS/c1-27(2,3)17-12-13-22-19(15-17)24-20(26-28-21-10-6-7-11-23(21)30-26)14-16-8-4-5-9-18(16)25(24)29-22/h4-15H,1-3H3. The predicted octanol–water partition coefficient (Wildman–Crippen LogP) is 7.56. The molecule has 146 valence electrons. The van der Waals surface area contributed by atoms with Crippen LogP contribution in [-0.4, -0.2) is 18.3 Å². The number of aromatic nitrogens is 1. The predicted molar refractivity (Wildman–Crippen MR) is 133 cm³/mol. The molecule has 0 unspecified atom stereocenters. The fourth-order valence-electron chi connectivity index (χ4n) is 4.23. The van der Waals surface area contributed by atoms with Gasteiger partial charge < -0.3 is 0 Å². The molecule has 0 aliphatic rings. The van der Waals surface area contributed by atoms with Crippen LogP contribution in [0.2, 0.25) is 17.3 Å². The van der Waals surface area contributed by atoms with Crippen LogP contribution >= 0.6 is 11.3 Å². The quantitative estimate of drug-likeness (QED) is 0.245. The SMILES string of the molecule is [CH3][Ge]([CH3])([CH3])[c]1ccc2oc3c4ccccc4cc(-c4nc5ccccc5s4)c3c2c1. The summed E-state index contributed by atoms with van der Waals surface area (Å²) in [5.41, 5.74) is 4.15. The van der Waals surface area contributed by atoms with Gasteiger partial charge in [0, 0.05) is 0 Å². The van der Waals surface area contributed by atoms with Gasteiger partial charge in [0.15, 0.2) is 0 Å². The van der Waals surface area contributed by atoms with E-state index in [1.165, 1.54) is 30.8 Å². The Bertz CT molecular complexity index is 1550. The molecular weight excluding hydrogens is 447 g/mol. The van der Waals surface area contributed by atoms with E-state index in [1.54, 1.807) is 11.3 Å². The molecule has 2 heterocycles. The number of hydrogen-bond acceptors (Lipinski definition) is 3. The van der Waals surface area contributed by atoms with Gasteiger partial charge in [0.1, 0.15) is 0 Å². The Morgan fingerprint density at radius 3 is 2.47 bits per heavy atom. The first-order valence-corrected chi connectivity index (χ1v) is 18.4. The van der Waals surface area contributed by atoms with Crippen LogP contribution in [0.25, 0.3) is 53.5 Å². The normalized spacial score (nSPS) is 12.5. The number of benzene rings is 4. The van der Waals surface area contributed by atoms with Crippen LogP contribution in [0.4, 0.5) is 0 Å². The van der Waals surface area contributed by atoms with Gasteiger partial charge >= 0.3 is 182 Å². The second-order valence-electron chi connectivity index (χ2n) is 8.90. The molecule has 0 aliphatic carbocycles. The van der Waals surface area contributed by atoms with Crippen molar-refractivity contribution in [3.8, 4) is 10.6 Å². The molecule has 0 saturated heterocycles. The summed E-state index contributed by atoms with van der Waals surface area (Å²) in [6, 6.07) is 26.0. The maximum atomic E-state index is 6.47. The molecule has 0 N–H and O–H groups in total. The van der Waals surface area contributed by atoms with Crippen molar-refractivity contribution >= 4 is 71.9 Å². The number of fused-ring (bicyclic) bond motifs is 6. The average molecular weight is 468 g/mol. The van der Waals surface area contributed by atoms with Gasteiger partial charge in [-0.3, -0.25) is 0 Å². The molecule has 0 spiro atoms. The van der Waals surface area contributed by atoms with E-state index in [1.807, 2.05) is 0 Å². The molecule has 0 bridgehead atoms. The van der Waals surface area contributed by atoms with Gasteiger partial charge in [-0.2, -0.15) is 0 Å². The van der Waals surface area contributed by atoms with E-state index in [0.717, 1.165) is 27.1 Å². The Labute approximate surface area is 181 Å². The third-order valence-corrected chi connectivity index (χ3v) is 11.2. The van der Waals surface area contributed by atoms with E-state index >= 15 is 0 Å². The van der Waals surface area contributed by atoms with Crippen LogP contribution in [0.1, 0.15) is 0 Å². The molecule has 0 radical (unpaired) electrons. The van der Waals surface area contributed by atoms with Crippen molar-refractivity contribution in [3.05, 3.63) is 72.8 Å². The van der Waals surface area contributed by atoms with E-state index < -0.39 is 13.3 Å². The zero-order chi connectivity index (χ0) is 20.5. The topological polar surface area (TPSA) is 26.0 Å². The fourth-order valence-corrected chi connectivity index (χ4v) is 7.66. The van der Waals surface area contributed by atoms with Gasteiger partial charge in [-0.15, -0.1) is 0 Å². The van der Waals surface area contributed by atoms with Gasteiger partial charge in [0.25, 0.3) is 0 Å². The van der Waals surface area contributed by atoms with Gasteiger partial charge in [-0.05, 0) is 0 Å². The second kappa shape index (κ2) is 6.43. The molecule has 2 aromatic heterocycles. The monoisotopic (exact) mass is 469 g/mol. The number of hydrogen-bond donors (Lipinski definition) is 0. The van der Waals surface area contributed by atoms with Crippen LogP contribution in [-0.2, 0) is 0 Å². The molecule has 0 amide bonds. The summed E-state index contributed by atoms with van der Waals surface area (Å²) < 4.78 is 9.18. The first-order chi connectivity index (χ1) is 14.5. The molecule has 0 fully saturated rings. The average Bonchev–Trinajstić information content (AvgIpc) is 3.34. The Kier molecular flexibility index (Phi) is 3.90. The van der Waals surface area contributed by atoms with E-state index in [-0.39, 0.29) is 0 Å². The number of rotatable bonds is 2. The van der Waals surface area contributed by atoms with Gasteiger partial charge in [-0.1, -0.05) is 0 Å². The fraction of sp³-hybridized carbons (Fsp3) is 0.115. The molecule has 4 heteroatoms. The van der Waals surface area contributed by atoms with Crippen LogP contribution < -0.4 is 4.40 Å². The number of furan rings is 1. The van der Waals surface area contributed by atoms with E-state index in [0.29, 0.717) is 0 Å². The summed E-state index contributed by atoms with van der Waals surface area (Å²) in [6.07, 6.45) is 0. The Morgan fingerprint density at radius 1 is 0.833 bits per heavy atom. The molecular formula is C26H21GeNOS. The van der Waals surface area contributed by atoms with Crippen molar-refractivity contribution in [1.29, 1.82) is 0 Å². The van der Waals surface area contributed by atoms with Crippen LogP contribution in [0.5, 0.6) is 0 Å². The zero-order valence-electron chi connectivity index (χ0n) is 17.2. The third kappa shape index (κ3) is 2.72. The first kappa shape index (κ1) is 18.2. The van der Waals surface area contributed by atoms with Gasteiger partial charge in [0.05, 0.1) is 0 Å². The van der Waals surface area contributed by atoms with E-state index in [9.17, 15) is 0 Å². The molecule has 4 aromatic carbocycles.